The molecule has 1 nitrogen and oxygen atoms in total. The normalized spacial score (nSPS) is 12.9. The Labute approximate surface area is 91.9 Å². The van der Waals surface area contributed by atoms with Crippen molar-refractivity contribution >= 4 is 27.5 Å². The van der Waals surface area contributed by atoms with E-state index in [1.165, 1.54) is 0 Å². The van der Waals surface area contributed by atoms with Crippen molar-refractivity contribution in [2.45, 2.75) is 25.9 Å². The lowest BCUT2D eigenvalue weighted by atomic mass is 10.1. The van der Waals surface area contributed by atoms with E-state index in [0.717, 1.165) is 22.9 Å². The van der Waals surface area contributed by atoms with E-state index in [2.05, 4.69) is 15.9 Å². The molecule has 0 aliphatic heterocycles. The van der Waals surface area contributed by atoms with E-state index in [0.29, 0.717) is 5.02 Å². The van der Waals surface area contributed by atoms with Gasteiger partial charge in [-0.3, -0.25) is 0 Å². The first-order valence-corrected chi connectivity index (χ1v) is 5.45. The summed E-state index contributed by atoms with van der Waals surface area (Å²) in [6, 6.07) is 5.45. The number of halogens is 2. The Bertz CT molecular complexity index is 288. The summed E-state index contributed by atoms with van der Waals surface area (Å²) < 4.78 is 0.915. The van der Waals surface area contributed by atoms with Crippen LogP contribution in [0.5, 0.6) is 0 Å². The molecule has 0 spiro atoms. The van der Waals surface area contributed by atoms with Gasteiger partial charge in [0.1, 0.15) is 0 Å². The van der Waals surface area contributed by atoms with Crippen molar-refractivity contribution in [3.8, 4) is 0 Å². The summed E-state index contributed by atoms with van der Waals surface area (Å²) in [6.45, 7) is 2.04. The second-order valence-electron chi connectivity index (χ2n) is 2.97. The fourth-order valence-corrected chi connectivity index (χ4v) is 1.89. The highest BCUT2D eigenvalue weighted by molar-refractivity contribution is 9.10. The summed E-state index contributed by atoms with van der Waals surface area (Å²) in [6.07, 6.45) is 1.30. The number of hydrogen-bond acceptors (Lipinski definition) is 1. The Morgan fingerprint density at radius 1 is 1.54 bits per heavy atom. The van der Waals surface area contributed by atoms with Crippen LogP contribution in [0.1, 0.15) is 31.4 Å². The molecule has 3 heteroatoms. The third-order valence-electron chi connectivity index (χ3n) is 1.88. The molecule has 1 atom stereocenters. The summed E-state index contributed by atoms with van der Waals surface area (Å²) in [5, 5.41) is 10.4. The van der Waals surface area contributed by atoms with E-state index in [9.17, 15) is 5.11 Å². The molecule has 1 aromatic rings. The lowest BCUT2D eigenvalue weighted by Crippen LogP contribution is -1.97. The van der Waals surface area contributed by atoms with E-state index in [-0.39, 0.29) is 0 Å². The van der Waals surface area contributed by atoms with E-state index >= 15 is 0 Å². The Balaban J connectivity index is 2.91. The molecule has 1 aromatic carbocycles. The molecule has 1 rings (SSSR count). The fourth-order valence-electron chi connectivity index (χ4n) is 1.20. The largest absolute Gasteiger partial charge is 0.388 e. The van der Waals surface area contributed by atoms with Crippen molar-refractivity contribution in [1.29, 1.82) is 0 Å². The molecule has 13 heavy (non-hydrogen) atoms. The van der Waals surface area contributed by atoms with E-state index < -0.39 is 6.10 Å². The fraction of sp³-hybridized carbons (Fsp3) is 0.400. The molecule has 0 unspecified atom stereocenters. The van der Waals surface area contributed by atoms with Crippen LogP contribution in [0.4, 0.5) is 0 Å². The minimum absolute atomic E-state index is 0.418. The second kappa shape index (κ2) is 4.99. The van der Waals surface area contributed by atoms with Crippen LogP contribution in [-0.4, -0.2) is 5.11 Å². The molecule has 0 bridgehead atoms. The van der Waals surface area contributed by atoms with Gasteiger partial charge in [0.25, 0.3) is 0 Å². The number of rotatable bonds is 3. The van der Waals surface area contributed by atoms with Crippen LogP contribution < -0.4 is 0 Å². The summed E-state index contributed by atoms with van der Waals surface area (Å²) >= 11 is 9.21. The van der Waals surface area contributed by atoms with Crippen molar-refractivity contribution in [2.24, 2.45) is 0 Å². The van der Waals surface area contributed by atoms with Crippen molar-refractivity contribution < 1.29 is 5.11 Å². The van der Waals surface area contributed by atoms with Crippen LogP contribution >= 0.6 is 27.5 Å². The zero-order valence-corrected chi connectivity index (χ0v) is 9.77. The summed E-state index contributed by atoms with van der Waals surface area (Å²) in [5.41, 5.74) is 0.870. The van der Waals surface area contributed by atoms with Gasteiger partial charge in [-0.15, -0.1) is 0 Å². The molecule has 1 N–H and O–H groups in total. The van der Waals surface area contributed by atoms with Crippen LogP contribution in [-0.2, 0) is 0 Å². The monoisotopic (exact) mass is 262 g/mol. The standard InChI is InChI=1S/C10H12BrClO/c1-2-3-10(13)8-6-7(12)4-5-9(8)11/h4-6,10,13H,2-3H2,1H3/t10-/m1/s1. The molecule has 0 aliphatic carbocycles. The molecule has 0 heterocycles. The quantitative estimate of drug-likeness (QED) is 0.876. The topological polar surface area (TPSA) is 20.2 Å². The number of aliphatic hydroxyl groups is 1. The third-order valence-corrected chi connectivity index (χ3v) is 2.84. The average Bonchev–Trinajstić information content (AvgIpc) is 2.09. The lowest BCUT2D eigenvalue weighted by Gasteiger charge is -2.11. The van der Waals surface area contributed by atoms with Gasteiger partial charge < -0.3 is 5.11 Å². The van der Waals surface area contributed by atoms with Crippen molar-refractivity contribution in [1.82, 2.24) is 0 Å². The van der Waals surface area contributed by atoms with Gasteiger partial charge in [0.15, 0.2) is 0 Å². The van der Waals surface area contributed by atoms with Gasteiger partial charge in [-0.1, -0.05) is 40.9 Å². The number of hydrogen-bond donors (Lipinski definition) is 1. The Kier molecular flexibility index (Phi) is 4.23. The van der Waals surface area contributed by atoms with Crippen molar-refractivity contribution in [3.05, 3.63) is 33.3 Å². The first kappa shape index (κ1) is 11.0. The molecular weight excluding hydrogens is 251 g/mol. The van der Waals surface area contributed by atoms with Gasteiger partial charge in [-0.2, -0.15) is 0 Å². The summed E-state index contributed by atoms with van der Waals surface area (Å²) in [4.78, 5) is 0. The van der Waals surface area contributed by atoms with Gasteiger partial charge >= 0.3 is 0 Å². The smallest absolute Gasteiger partial charge is 0.0801 e. The van der Waals surface area contributed by atoms with Crippen LogP contribution in [0.2, 0.25) is 5.02 Å². The number of aliphatic hydroxyl groups excluding tert-OH is 1. The first-order valence-electron chi connectivity index (χ1n) is 4.28. The Morgan fingerprint density at radius 3 is 2.85 bits per heavy atom. The van der Waals surface area contributed by atoms with Gasteiger partial charge in [0, 0.05) is 9.50 Å². The van der Waals surface area contributed by atoms with Crippen molar-refractivity contribution in [2.75, 3.05) is 0 Å². The highest BCUT2D eigenvalue weighted by atomic mass is 79.9. The van der Waals surface area contributed by atoms with E-state index in [1.54, 1.807) is 12.1 Å². The minimum atomic E-state index is -0.418. The van der Waals surface area contributed by atoms with E-state index in [4.69, 9.17) is 11.6 Å². The summed E-state index contributed by atoms with van der Waals surface area (Å²) in [7, 11) is 0. The van der Waals surface area contributed by atoms with Gasteiger partial charge in [-0.25, -0.2) is 0 Å². The average molecular weight is 264 g/mol. The Morgan fingerprint density at radius 2 is 2.23 bits per heavy atom. The lowest BCUT2D eigenvalue weighted by molar-refractivity contribution is 0.166. The van der Waals surface area contributed by atoms with Crippen molar-refractivity contribution in [3.63, 3.8) is 0 Å². The molecule has 0 radical (unpaired) electrons. The zero-order chi connectivity index (χ0) is 9.84. The molecule has 0 saturated heterocycles. The maximum absolute atomic E-state index is 9.74. The second-order valence-corrected chi connectivity index (χ2v) is 4.26. The van der Waals surface area contributed by atoms with Crippen LogP contribution in [0.15, 0.2) is 22.7 Å². The molecule has 0 amide bonds. The van der Waals surface area contributed by atoms with Crippen LogP contribution in [0.25, 0.3) is 0 Å². The minimum Gasteiger partial charge on any atom is -0.388 e. The molecule has 0 aromatic heterocycles. The zero-order valence-electron chi connectivity index (χ0n) is 7.43. The number of benzene rings is 1. The molecule has 0 aliphatic rings. The summed E-state index contributed by atoms with van der Waals surface area (Å²) in [5.74, 6) is 0. The highest BCUT2D eigenvalue weighted by Crippen LogP contribution is 2.28. The molecular formula is C10H12BrClO. The molecule has 0 saturated carbocycles. The highest BCUT2D eigenvalue weighted by Gasteiger charge is 2.10. The SMILES string of the molecule is CCC[C@@H](O)c1cc(Cl)ccc1Br. The van der Waals surface area contributed by atoms with Crippen LogP contribution in [0, 0.1) is 0 Å². The van der Waals surface area contributed by atoms with Crippen LogP contribution in [0.3, 0.4) is 0 Å². The van der Waals surface area contributed by atoms with E-state index in [1.807, 2.05) is 13.0 Å². The maximum Gasteiger partial charge on any atom is 0.0801 e. The predicted molar refractivity (Wildman–Crippen MR) is 59.0 cm³/mol. The molecule has 72 valence electrons. The predicted octanol–water partition coefficient (Wildman–Crippen LogP) is 3.94. The molecule has 0 fully saturated rings. The first-order chi connectivity index (χ1) is 6.15. The third kappa shape index (κ3) is 2.97. The van der Waals surface area contributed by atoms with Gasteiger partial charge in [0.2, 0.25) is 0 Å². The maximum atomic E-state index is 9.74. The Hall–Kier alpha value is -0.0500. The van der Waals surface area contributed by atoms with Gasteiger partial charge in [0.05, 0.1) is 6.10 Å². The van der Waals surface area contributed by atoms with Gasteiger partial charge in [-0.05, 0) is 30.2 Å².